The van der Waals surface area contributed by atoms with Gasteiger partial charge in [0.2, 0.25) is 0 Å². The lowest BCUT2D eigenvalue weighted by atomic mass is 10.2. The van der Waals surface area contributed by atoms with Gasteiger partial charge >= 0.3 is 0 Å². The molecule has 0 radical (unpaired) electrons. The highest BCUT2D eigenvalue weighted by Gasteiger charge is 2.22. The fourth-order valence-corrected chi connectivity index (χ4v) is 3.36. The number of hydrogen-bond donors (Lipinski definition) is 0. The van der Waals surface area contributed by atoms with E-state index in [1.54, 1.807) is 0 Å². The third-order valence-corrected chi connectivity index (χ3v) is 4.90. The molecule has 1 amide bonds. The molecule has 0 saturated carbocycles. The smallest absolute Gasteiger partial charge is 0.260 e. The second-order valence-electron chi connectivity index (χ2n) is 6.89. The number of fused-ring (bicyclic) bond motifs is 1. The predicted octanol–water partition coefficient (Wildman–Crippen LogP) is 2.86. The van der Waals surface area contributed by atoms with Crippen molar-refractivity contribution in [3.8, 4) is 5.75 Å². The number of aryl methyl sites for hydroxylation is 1. The molecule has 1 aliphatic rings. The van der Waals surface area contributed by atoms with Crippen molar-refractivity contribution in [1.29, 1.82) is 0 Å². The van der Waals surface area contributed by atoms with E-state index in [4.69, 9.17) is 9.26 Å². The second kappa shape index (κ2) is 7.80. The first-order valence-corrected chi connectivity index (χ1v) is 9.22. The molecule has 4 rings (SSSR count). The summed E-state index contributed by atoms with van der Waals surface area (Å²) in [4.78, 5) is 16.6. The second-order valence-corrected chi connectivity index (χ2v) is 6.89. The van der Waals surface area contributed by atoms with E-state index in [0.717, 1.165) is 47.6 Å². The molecule has 6 nitrogen and oxygen atoms in total. The minimum absolute atomic E-state index is 0.0306. The topological polar surface area (TPSA) is 58.8 Å². The van der Waals surface area contributed by atoms with Crippen LogP contribution in [-0.2, 0) is 11.3 Å². The van der Waals surface area contributed by atoms with E-state index in [1.165, 1.54) is 0 Å². The molecule has 1 aliphatic heterocycles. The zero-order valence-electron chi connectivity index (χ0n) is 15.4. The number of benzene rings is 2. The van der Waals surface area contributed by atoms with E-state index < -0.39 is 0 Å². The van der Waals surface area contributed by atoms with Gasteiger partial charge in [0.05, 0.1) is 0 Å². The lowest BCUT2D eigenvalue weighted by molar-refractivity contribution is -0.135. The van der Waals surface area contributed by atoms with E-state index in [9.17, 15) is 4.79 Å². The van der Waals surface area contributed by atoms with Crippen molar-refractivity contribution in [2.45, 2.75) is 13.5 Å². The van der Waals surface area contributed by atoms with E-state index in [1.807, 2.05) is 60.4 Å². The summed E-state index contributed by atoms with van der Waals surface area (Å²) in [6.07, 6.45) is 0. The molecule has 0 unspecified atom stereocenters. The largest absolute Gasteiger partial charge is 0.484 e. The van der Waals surface area contributed by atoms with Crippen molar-refractivity contribution in [3.63, 3.8) is 0 Å². The maximum atomic E-state index is 12.4. The van der Waals surface area contributed by atoms with Crippen LogP contribution in [0.4, 0.5) is 0 Å². The highest BCUT2D eigenvalue weighted by atomic mass is 16.5. The quantitative estimate of drug-likeness (QED) is 0.696. The molecule has 1 aromatic heterocycles. The molecule has 2 aromatic carbocycles. The maximum absolute atomic E-state index is 12.4. The van der Waals surface area contributed by atoms with Gasteiger partial charge in [-0.15, -0.1) is 0 Å². The maximum Gasteiger partial charge on any atom is 0.260 e. The Hall–Kier alpha value is -2.86. The molecule has 6 heteroatoms. The number of aromatic nitrogens is 1. The lowest BCUT2D eigenvalue weighted by Gasteiger charge is -2.34. The highest BCUT2D eigenvalue weighted by Crippen LogP contribution is 2.20. The van der Waals surface area contributed by atoms with Crippen molar-refractivity contribution in [2.24, 2.45) is 0 Å². The monoisotopic (exact) mass is 365 g/mol. The number of ether oxygens (including phenoxy) is 1. The standard InChI is InChI=1S/C21H23N3O3/c1-16-5-4-6-17(13-16)26-15-21(25)24-11-9-23(10-12-24)14-19-18-7-2-3-8-20(18)27-22-19/h2-8,13H,9-12,14-15H2,1H3. The van der Waals surface area contributed by atoms with Crippen molar-refractivity contribution in [1.82, 2.24) is 15.0 Å². The van der Waals surface area contributed by atoms with Crippen LogP contribution in [0.15, 0.2) is 53.1 Å². The summed E-state index contributed by atoms with van der Waals surface area (Å²) in [6, 6.07) is 15.6. The van der Waals surface area contributed by atoms with Crippen LogP contribution in [0, 0.1) is 6.92 Å². The van der Waals surface area contributed by atoms with E-state index in [0.29, 0.717) is 13.1 Å². The molecule has 1 saturated heterocycles. The molecule has 0 spiro atoms. The molecule has 0 bridgehead atoms. The molecule has 2 heterocycles. The highest BCUT2D eigenvalue weighted by molar-refractivity contribution is 5.79. The third kappa shape index (κ3) is 4.11. The number of piperazine rings is 1. The molecule has 140 valence electrons. The summed E-state index contributed by atoms with van der Waals surface area (Å²) in [5, 5.41) is 5.25. The normalized spacial score (nSPS) is 15.2. The number of hydrogen-bond acceptors (Lipinski definition) is 5. The van der Waals surface area contributed by atoms with Gasteiger partial charge in [0.15, 0.2) is 12.2 Å². The van der Waals surface area contributed by atoms with Gasteiger partial charge in [0, 0.05) is 38.1 Å². The van der Waals surface area contributed by atoms with Crippen LogP contribution in [-0.4, -0.2) is 53.6 Å². The number of carbonyl (C=O) groups is 1. The number of nitrogens with zero attached hydrogens (tertiary/aromatic N) is 3. The first-order valence-electron chi connectivity index (χ1n) is 9.22. The summed E-state index contributed by atoms with van der Waals surface area (Å²) < 4.78 is 11.0. The minimum atomic E-state index is 0.0306. The molecule has 0 atom stereocenters. The Kier molecular flexibility index (Phi) is 5.07. The van der Waals surface area contributed by atoms with Crippen LogP contribution in [0.1, 0.15) is 11.3 Å². The molecule has 1 fully saturated rings. The fourth-order valence-electron chi connectivity index (χ4n) is 3.36. The van der Waals surface area contributed by atoms with Gasteiger partial charge in [-0.1, -0.05) is 29.4 Å². The molecular weight excluding hydrogens is 342 g/mol. The van der Waals surface area contributed by atoms with Gasteiger partial charge in [-0.25, -0.2) is 0 Å². The Morgan fingerprint density at radius 3 is 2.74 bits per heavy atom. The van der Waals surface area contributed by atoms with Gasteiger partial charge in [-0.05, 0) is 36.8 Å². The summed E-state index contributed by atoms with van der Waals surface area (Å²) in [5.41, 5.74) is 2.89. The number of rotatable bonds is 5. The summed E-state index contributed by atoms with van der Waals surface area (Å²) in [6.45, 7) is 5.86. The van der Waals surface area contributed by atoms with Crippen LogP contribution >= 0.6 is 0 Å². The number of amides is 1. The lowest BCUT2D eigenvalue weighted by Crippen LogP contribution is -2.49. The van der Waals surface area contributed by atoms with Crippen molar-refractivity contribution < 1.29 is 14.1 Å². The Morgan fingerprint density at radius 2 is 1.93 bits per heavy atom. The molecule has 0 aliphatic carbocycles. The molecule has 0 N–H and O–H groups in total. The summed E-state index contributed by atoms with van der Waals surface area (Å²) in [7, 11) is 0. The average molecular weight is 365 g/mol. The van der Waals surface area contributed by atoms with Crippen LogP contribution in [0.3, 0.4) is 0 Å². The van der Waals surface area contributed by atoms with Crippen LogP contribution < -0.4 is 4.74 Å². The van der Waals surface area contributed by atoms with E-state index in [2.05, 4.69) is 10.1 Å². The van der Waals surface area contributed by atoms with Gasteiger partial charge in [-0.2, -0.15) is 0 Å². The van der Waals surface area contributed by atoms with Crippen molar-refractivity contribution in [3.05, 3.63) is 59.8 Å². The SMILES string of the molecule is Cc1cccc(OCC(=O)N2CCN(Cc3noc4ccccc34)CC2)c1. The van der Waals surface area contributed by atoms with Gasteiger partial charge in [0.1, 0.15) is 11.4 Å². The Balaban J connectivity index is 1.27. The van der Waals surface area contributed by atoms with Gasteiger partial charge in [-0.3, -0.25) is 9.69 Å². The predicted molar refractivity (Wildman–Crippen MR) is 103 cm³/mol. The Morgan fingerprint density at radius 1 is 1.11 bits per heavy atom. The Bertz CT molecular complexity index is 929. The third-order valence-electron chi connectivity index (χ3n) is 4.90. The first kappa shape index (κ1) is 17.5. The molecule has 27 heavy (non-hydrogen) atoms. The summed E-state index contributed by atoms with van der Waals surface area (Å²) >= 11 is 0. The fraction of sp³-hybridized carbons (Fsp3) is 0.333. The van der Waals surface area contributed by atoms with Crippen LogP contribution in [0.2, 0.25) is 0 Å². The first-order chi connectivity index (χ1) is 13.2. The van der Waals surface area contributed by atoms with E-state index in [-0.39, 0.29) is 12.5 Å². The average Bonchev–Trinajstić information content (AvgIpc) is 3.10. The van der Waals surface area contributed by atoms with Gasteiger partial charge < -0.3 is 14.2 Å². The number of carbonyl (C=O) groups excluding carboxylic acids is 1. The van der Waals surface area contributed by atoms with Crippen LogP contribution in [0.25, 0.3) is 11.0 Å². The zero-order chi connectivity index (χ0) is 18.6. The zero-order valence-corrected chi connectivity index (χ0v) is 15.4. The molecular formula is C21H23N3O3. The van der Waals surface area contributed by atoms with E-state index >= 15 is 0 Å². The molecule has 3 aromatic rings. The van der Waals surface area contributed by atoms with Crippen LogP contribution in [0.5, 0.6) is 5.75 Å². The van der Waals surface area contributed by atoms with Crippen molar-refractivity contribution >= 4 is 16.9 Å². The van der Waals surface area contributed by atoms with Crippen molar-refractivity contribution in [2.75, 3.05) is 32.8 Å². The Labute approximate surface area is 158 Å². The summed E-state index contributed by atoms with van der Waals surface area (Å²) in [5.74, 6) is 0.767. The minimum Gasteiger partial charge on any atom is -0.484 e. The van der Waals surface area contributed by atoms with Gasteiger partial charge in [0.25, 0.3) is 5.91 Å². The number of para-hydroxylation sites is 1.